The number of nitrogens with one attached hydrogen (secondary N) is 1. The van der Waals surface area contributed by atoms with E-state index in [1.165, 1.54) is 42.3 Å². The van der Waals surface area contributed by atoms with Crippen molar-refractivity contribution in [3.8, 4) is 17.2 Å². The van der Waals surface area contributed by atoms with Gasteiger partial charge in [-0.05, 0) is 64.7 Å². The van der Waals surface area contributed by atoms with Crippen molar-refractivity contribution in [1.29, 1.82) is 0 Å². The predicted molar refractivity (Wildman–Crippen MR) is 116 cm³/mol. The largest absolute Gasteiger partial charge is 0.494 e. The van der Waals surface area contributed by atoms with E-state index in [0.717, 1.165) is 20.8 Å². The number of hydrogen-bond donors (Lipinski definition) is 1. The first-order chi connectivity index (χ1) is 14.2. The highest BCUT2D eigenvalue weighted by Gasteiger charge is 2.30. The van der Waals surface area contributed by atoms with Crippen LogP contribution in [0.4, 0.5) is 18.9 Å². The van der Waals surface area contributed by atoms with Crippen LogP contribution in [0.2, 0.25) is 0 Å². The molecule has 0 spiro atoms. The Balaban J connectivity index is 1.72. The van der Waals surface area contributed by atoms with Crippen LogP contribution in [0.25, 0.3) is 0 Å². The van der Waals surface area contributed by atoms with Gasteiger partial charge in [0.25, 0.3) is 5.91 Å². The van der Waals surface area contributed by atoms with E-state index in [9.17, 15) is 18.0 Å². The van der Waals surface area contributed by atoms with Crippen molar-refractivity contribution in [3.63, 3.8) is 0 Å². The first kappa shape index (κ1) is 22.5. The van der Waals surface area contributed by atoms with Gasteiger partial charge in [0.2, 0.25) is 0 Å². The Labute approximate surface area is 187 Å². The topological polar surface area (TPSA) is 47.6 Å². The molecule has 2 aromatic carbocycles. The van der Waals surface area contributed by atoms with E-state index in [1.807, 2.05) is 6.26 Å². The summed E-state index contributed by atoms with van der Waals surface area (Å²) in [5.74, 6) is 0.545. The van der Waals surface area contributed by atoms with Crippen molar-refractivity contribution in [2.24, 2.45) is 0 Å². The van der Waals surface area contributed by atoms with Gasteiger partial charge in [0.05, 0.1) is 21.4 Å². The van der Waals surface area contributed by atoms with Crippen LogP contribution < -0.4 is 14.8 Å². The molecule has 10 heteroatoms. The minimum absolute atomic E-state index is 0.0689. The fourth-order valence-electron chi connectivity index (χ4n) is 2.51. The summed E-state index contributed by atoms with van der Waals surface area (Å²) in [4.78, 5) is 13.1. The van der Waals surface area contributed by atoms with E-state index in [2.05, 4.69) is 21.2 Å². The molecule has 3 aromatic rings. The van der Waals surface area contributed by atoms with Crippen LogP contribution >= 0.6 is 39.0 Å². The number of anilines is 1. The Morgan fingerprint density at radius 3 is 2.43 bits per heavy atom. The normalized spacial score (nSPS) is 11.3. The number of carbonyl (C=O) groups is 1. The summed E-state index contributed by atoms with van der Waals surface area (Å²) in [7, 11) is 1.49. The van der Waals surface area contributed by atoms with Gasteiger partial charge < -0.3 is 14.8 Å². The number of hydrogen-bond acceptors (Lipinski definition) is 5. The van der Waals surface area contributed by atoms with Crippen LogP contribution in [0.5, 0.6) is 17.2 Å². The number of alkyl halides is 3. The molecular weight excluding hydrogens is 503 g/mol. The number of thiophene rings is 1. The van der Waals surface area contributed by atoms with Crippen LogP contribution in [-0.4, -0.2) is 19.3 Å². The van der Waals surface area contributed by atoms with E-state index < -0.39 is 11.7 Å². The fraction of sp³-hybridized carbons (Fsp3) is 0.150. The smallest absolute Gasteiger partial charge is 0.416 e. The number of halogens is 4. The minimum atomic E-state index is -4.44. The summed E-state index contributed by atoms with van der Waals surface area (Å²) in [6.07, 6.45) is -2.54. The maximum atomic E-state index is 12.8. The lowest BCUT2D eigenvalue weighted by molar-refractivity contribution is -0.137. The number of amides is 1. The summed E-state index contributed by atoms with van der Waals surface area (Å²) >= 11 is 6.24. The Hall–Kier alpha value is -2.17. The zero-order chi connectivity index (χ0) is 21.9. The third kappa shape index (κ3) is 5.11. The van der Waals surface area contributed by atoms with Crippen molar-refractivity contribution >= 4 is 50.6 Å². The Bertz CT molecular complexity index is 1050. The van der Waals surface area contributed by atoms with Gasteiger partial charge in [0, 0.05) is 5.69 Å². The number of thioether (sulfide) groups is 1. The Kier molecular flexibility index (Phi) is 6.99. The summed E-state index contributed by atoms with van der Waals surface area (Å²) in [6, 6.07) is 11.0. The molecule has 0 saturated heterocycles. The van der Waals surface area contributed by atoms with Crippen molar-refractivity contribution in [1.82, 2.24) is 0 Å². The van der Waals surface area contributed by atoms with E-state index in [4.69, 9.17) is 9.47 Å². The van der Waals surface area contributed by atoms with Gasteiger partial charge in [-0.2, -0.15) is 13.2 Å². The maximum Gasteiger partial charge on any atom is 0.416 e. The Morgan fingerprint density at radius 1 is 1.13 bits per heavy atom. The van der Waals surface area contributed by atoms with E-state index in [1.54, 1.807) is 24.3 Å². The number of carbonyl (C=O) groups excluding carboxylic acids is 1. The molecular formula is C20H15BrF3NO3S2. The molecule has 1 aromatic heterocycles. The number of ether oxygens (including phenoxy) is 2. The lowest BCUT2D eigenvalue weighted by Crippen LogP contribution is -2.11. The predicted octanol–water partition coefficient (Wildman–Crippen LogP) is 7.30. The van der Waals surface area contributed by atoms with Crippen molar-refractivity contribution in [3.05, 3.63) is 63.4 Å². The van der Waals surface area contributed by atoms with Gasteiger partial charge in [-0.3, -0.25) is 4.79 Å². The third-order valence-corrected chi connectivity index (χ3v) is 7.46. The average Bonchev–Trinajstić information content (AvgIpc) is 3.04. The first-order valence-corrected chi connectivity index (χ1v) is 11.2. The molecule has 1 amide bonds. The van der Waals surface area contributed by atoms with Crippen LogP contribution in [0.15, 0.2) is 57.2 Å². The molecule has 4 nitrogen and oxygen atoms in total. The van der Waals surface area contributed by atoms with Crippen molar-refractivity contribution in [2.45, 2.75) is 10.4 Å². The second-order valence-electron chi connectivity index (χ2n) is 5.88. The minimum Gasteiger partial charge on any atom is -0.494 e. The van der Waals surface area contributed by atoms with Gasteiger partial charge in [-0.1, -0.05) is 6.07 Å². The molecule has 30 heavy (non-hydrogen) atoms. The molecule has 0 aliphatic heterocycles. The van der Waals surface area contributed by atoms with E-state index >= 15 is 0 Å². The summed E-state index contributed by atoms with van der Waals surface area (Å²) < 4.78 is 50.9. The van der Waals surface area contributed by atoms with E-state index in [0.29, 0.717) is 22.1 Å². The lowest BCUT2D eigenvalue weighted by atomic mass is 10.2. The molecule has 0 saturated carbocycles. The first-order valence-electron chi connectivity index (χ1n) is 8.39. The molecule has 0 fully saturated rings. The second-order valence-corrected chi connectivity index (χ2v) is 8.76. The van der Waals surface area contributed by atoms with Crippen molar-refractivity contribution < 1.29 is 27.4 Å². The lowest BCUT2D eigenvalue weighted by Gasteiger charge is -2.11. The van der Waals surface area contributed by atoms with Crippen LogP contribution in [-0.2, 0) is 6.18 Å². The molecule has 158 valence electrons. The SMILES string of the molecule is COc1c(C(=O)Nc2ccc(Oc3cccc(C(F)(F)F)c3)cc2)sc(SC)c1Br. The maximum absolute atomic E-state index is 12.8. The van der Waals surface area contributed by atoms with Gasteiger partial charge in [0.1, 0.15) is 16.4 Å². The van der Waals surface area contributed by atoms with Crippen LogP contribution in [0.1, 0.15) is 15.2 Å². The molecule has 0 radical (unpaired) electrons. The molecule has 1 N–H and O–H groups in total. The van der Waals surface area contributed by atoms with Crippen LogP contribution in [0.3, 0.4) is 0 Å². The molecule has 0 aliphatic rings. The second kappa shape index (κ2) is 9.32. The zero-order valence-corrected chi connectivity index (χ0v) is 18.9. The molecule has 0 unspecified atom stereocenters. The van der Waals surface area contributed by atoms with Crippen LogP contribution in [0, 0.1) is 0 Å². The standard InChI is InChI=1S/C20H15BrF3NO3S2/c1-27-16-15(21)19(29-2)30-17(16)18(26)25-12-6-8-13(9-7-12)28-14-5-3-4-11(10-14)20(22,23)24/h3-10H,1-2H3,(H,25,26). The van der Waals surface area contributed by atoms with Gasteiger partial charge in [-0.25, -0.2) is 0 Å². The zero-order valence-electron chi connectivity index (χ0n) is 15.7. The number of benzene rings is 2. The molecule has 3 rings (SSSR count). The van der Waals surface area contributed by atoms with Crippen molar-refractivity contribution in [2.75, 3.05) is 18.7 Å². The summed E-state index contributed by atoms with van der Waals surface area (Å²) in [5, 5.41) is 2.77. The highest BCUT2D eigenvalue weighted by atomic mass is 79.9. The number of methoxy groups -OCH3 is 1. The fourth-order valence-corrected chi connectivity index (χ4v) is 5.37. The molecule has 0 aliphatic carbocycles. The average molecular weight is 518 g/mol. The Morgan fingerprint density at radius 2 is 1.83 bits per heavy atom. The molecule has 0 atom stereocenters. The van der Waals surface area contributed by atoms with Gasteiger partial charge >= 0.3 is 6.18 Å². The van der Waals surface area contributed by atoms with E-state index in [-0.39, 0.29) is 11.7 Å². The highest BCUT2D eigenvalue weighted by Crippen LogP contribution is 2.44. The quantitative estimate of drug-likeness (QED) is 0.348. The molecule has 0 bridgehead atoms. The summed E-state index contributed by atoms with van der Waals surface area (Å²) in [5.41, 5.74) is -0.279. The van der Waals surface area contributed by atoms with Gasteiger partial charge in [0.15, 0.2) is 5.75 Å². The monoisotopic (exact) mass is 517 g/mol. The van der Waals surface area contributed by atoms with Gasteiger partial charge in [-0.15, -0.1) is 23.1 Å². The third-order valence-electron chi connectivity index (χ3n) is 3.88. The number of rotatable bonds is 6. The summed E-state index contributed by atoms with van der Waals surface area (Å²) in [6.45, 7) is 0. The highest BCUT2D eigenvalue weighted by molar-refractivity contribution is 9.10. The molecule has 1 heterocycles.